The lowest BCUT2D eigenvalue weighted by Gasteiger charge is -2.43. The molecule has 0 aromatic rings. The van der Waals surface area contributed by atoms with Gasteiger partial charge in [0, 0.05) is 18.5 Å². The lowest BCUT2D eigenvalue weighted by Crippen LogP contribution is -2.58. The molecule has 1 N–H and O–H groups in total. The Morgan fingerprint density at radius 1 is 1.00 bits per heavy atom. The highest BCUT2D eigenvalue weighted by Crippen LogP contribution is 2.30. The van der Waals surface area contributed by atoms with Crippen LogP contribution >= 0.6 is 0 Å². The minimum Gasteiger partial charge on any atom is -0.319 e. The van der Waals surface area contributed by atoms with Crippen LogP contribution in [0.2, 0.25) is 0 Å². The molecule has 1 aliphatic heterocycles. The van der Waals surface area contributed by atoms with E-state index >= 15 is 0 Å². The third kappa shape index (κ3) is 5.68. The molecule has 21 heavy (non-hydrogen) atoms. The second kappa shape index (κ2) is 9.06. The van der Waals surface area contributed by atoms with E-state index in [1.54, 1.807) is 0 Å². The summed E-state index contributed by atoms with van der Waals surface area (Å²) in [7, 11) is 0. The van der Waals surface area contributed by atoms with Crippen molar-refractivity contribution in [2.75, 3.05) is 6.54 Å². The molecule has 122 valence electrons. The fourth-order valence-corrected chi connectivity index (χ4v) is 3.14. The maximum absolute atomic E-state index is 12.1. The van der Waals surface area contributed by atoms with Gasteiger partial charge in [0.05, 0.1) is 0 Å². The lowest BCUT2D eigenvalue weighted by atomic mass is 9.86. The molecule has 1 aliphatic rings. The van der Waals surface area contributed by atoms with Crippen LogP contribution in [0, 0.1) is 0 Å². The first-order valence-electron chi connectivity index (χ1n) is 8.65. The molecule has 0 saturated carbocycles. The molecule has 0 aliphatic carbocycles. The molecule has 1 atom stereocenters. The van der Waals surface area contributed by atoms with Crippen molar-refractivity contribution in [3.05, 3.63) is 0 Å². The quantitative estimate of drug-likeness (QED) is 0.613. The van der Waals surface area contributed by atoms with Gasteiger partial charge in [-0.2, -0.15) is 0 Å². The fraction of sp³-hybridized carbons (Fsp3) is 0.882. The van der Waals surface area contributed by atoms with Crippen LogP contribution in [0.15, 0.2) is 0 Å². The number of unbranched alkanes of at least 4 members (excludes halogenated alkanes) is 5. The number of carbonyl (C=O) groups excluding carboxylic acids is 2. The first-order chi connectivity index (χ1) is 10.0. The summed E-state index contributed by atoms with van der Waals surface area (Å²) in [6.45, 7) is 7.17. The summed E-state index contributed by atoms with van der Waals surface area (Å²) in [5.41, 5.74) is -0.104. The molecule has 1 heterocycles. The summed E-state index contributed by atoms with van der Waals surface area (Å²) in [6.07, 6.45) is 11.0. The summed E-state index contributed by atoms with van der Waals surface area (Å²) < 4.78 is 0. The molecule has 0 aromatic heterocycles. The van der Waals surface area contributed by atoms with E-state index in [4.69, 9.17) is 0 Å². The molecule has 0 bridgehead atoms. The summed E-state index contributed by atoms with van der Waals surface area (Å²) in [5, 5.41) is 2.47. The molecule has 1 fully saturated rings. The van der Waals surface area contributed by atoms with Crippen molar-refractivity contribution in [1.82, 2.24) is 10.2 Å². The zero-order valence-electron chi connectivity index (χ0n) is 14.0. The monoisotopic (exact) mass is 296 g/mol. The summed E-state index contributed by atoms with van der Waals surface area (Å²) in [6, 6.07) is -0.196. The summed E-state index contributed by atoms with van der Waals surface area (Å²) in [4.78, 5) is 25.4. The van der Waals surface area contributed by atoms with Crippen molar-refractivity contribution in [3.8, 4) is 0 Å². The highest BCUT2D eigenvalue weighted by molar-refractivity contribution is 5.96. The van der Waals surface area contributed by atoms with E-state index < -0.39 is 0 Å². The first kappa shape index (κ1) is 18.0. The second-order valence-electron chi connectivity index (χ2n) is 6.52. The van der Waals surface area contributed by atoms with Crippen molar-refractivity contribution >= 4 is 11.9 Å². The van der Waals surface area contributed by atoms with Gasteiger partial charge in [-0.05, 0) is 19.8 Å². The molecule has 4 nitrogen and oxygen atoms in total. The highest BCUT2D eigenvalue weighted by atomic mass is 16.2. The first-order valence-corrected chi connectivity index (χ1v) is 8.65. The van der Waals surface area contributed by atoms with Crippen molar-refractivity contribution in [2.24, 2.45) is 0 Å². The number of urea groups is 1. The molecule has 1 rings (SSSR count). The van der Waals surface area contributed by atoms with Crippen molar-refractivity contribution in [2.45, 2.75) is 90.5 Å². The Hall–Kier alpha value is -1.06. The molecule has 0 spiro atoms. The summed E-state index contributed by atoms with van der Waals surface area (Å²) in [5.74, 6) is -0.142. The zero-order chi connectivity index (χ0) is 15.7. The molecule has 4 heteroatoms. The Balaban J connectivity index is 2.59. The molecular formula is C17H32N2O2. The third-order valence-corrected chi connectivity index (χ3v) is 4.59. The van der Waals surface area contributed by atoms with Gasteiger partial charge >= 0.3 is 6.03 Å². The van der Waals surface area contributed by atoms with E-state index in [0.29, 0.717) is 13.0 Å². The lowest BCUT2D eigenvalue weighted by molar-refractivity contribution is -0.122. The van der Waals surface area contributed by atoms with Crippen LogP contribution in [0.1, 0.15) is 85.0 Å². The smallest absolute Gasteiger partial charge is 0.319 e. The maximum atomic E-state index is 12.1. The van der Waals surface area contributed by atoms with Crippen LogP contribution in [0.25, 0.3) is 0 Å². The molecule has 1 unspecified atom stereocenters. The molecule has 0 radical (unpaired) electrons. The van der Waals surface area contributed by atoms with E-state index in [1.165, 1.54) is 25.7 Å². The Kier molecular flexibility index (Phi) is 7.76. The van der Waals surface area contributed by atoms with Gasteiger partial charge in [-0.25, -0.2) is 4.79 Å². The number of imide groups is 1. The number of amides is 3. The number of nitrogens with zero attached hydrogens (tertiary/aromatic N) is 1. The minimum atomic E-state index is -0.196. The number of carbonyl (C=O) groups is 2. The van der Waals surface area contributed by atoms with Gasteiger partial charge in [0.15, 0.2) is 0 Å². The predicted molar refractivity (Wildman–Crippen MR) is 86.2 cm³/mol. The number of hydrogen-bond acceptors (Lipinski definition) is 2. The van der Waals surface area contributed by atoms with Gasteiger partial charge in [0.2, 0.25) is 5.91 Å². The predicted octanol–water partition coefficient (Wildman–Crippen LogP) is 4.24. The Bertz CT molecular complexity index is 344. The van der Waals surface area contributed by atoms with Crippen LogP contribution in [0.4, 0.5) is 4.79 Å². The van der Waals surface area contributed by atoms with Crippen molar-refractivity contribution in [1.29, 1.82) is 0 Å². The number of nitrogens with one attached hydrogen (secondary N) is 1. The fourth-order valence-electron chi connectivity index (χ4n) is 3.14. The topological polar surface area (TPSA) is 49.4 Å². The van der Waals surface area contributed by atoms with Crippen molar-refractivity contribution < 1.29 is 9.59 Å². The van der Waals surface area contributed by atoms with Gasteiger partial charge in [-0.15, -0.1) is 0 Å². The third-order valence-electron chi connectivity index (χ3n) is 4.59. The van der Waals surface area contributed by atoms with Gasteiger partial charge in [0.1, 0.15) is 0 Å². The van der Waals surface area contributed by atoms with E-state index in [0.717, 1.165) is 32.1 Å². The van der Waals surface area contributed by atoms with Crippen LogP contribution in [-0.4, -0.2) is 28.9 Å². The normalized spacial score (nSPS) is 18.5. The number of hydrogen-bond donors (Lipinski definition) is 1. The Morgan fingerprint density at radius 3 is 2.24 bits per heavy atom. The largest absolute Gasteiger partial charge is 0.324 e. The van der Waals surface area contributed by atoms with Crippen LogP contribution in [-0.2, 0) is 4.79 Å². The maximum Gasteiger partial charge on any atom is 0.324 e. The molecule has 3 amide bonds. The SMILES string of the molecule is CCCCCCCC(C)(CCCC)N1CCC(=O)NC1=O. The van der Waals surface area contributed by atoms with E-state index in [1.807, 2.05) is 4.90 Å². The number of rotatable bonds is 10. The Labute approximate surface area is 129 Å². The molecule has 1 saturated heterocycles. The Morgan fingerprint density at radius 2 is 1.62 bits per heavy atom. The van der Waals surface area contributed by atoms with E-state index in [9.17, 15) is 9.59 Å². The second-order valence-corrected chi connectivity index (χ2v) is 6.52. The van der Waals surface area contributed by atoms with Gasteiger partial charge in [-0.3, -0.25) is 10.1 Å². The highest BCUT2D eigenvalue weighted by Gasteiger charge is 2.37. The summed E-state index contributed by atoms with van der Waals surface area (Å²) >= 11 is 0. The van der Waals surface area contributed by atoms with Crippen molar-refractivity contribution in [3.63, 3.8) is 0 Å². The molecular weight excluding hydrogens is 264 g/mol. The van der Waals surface area contributed by atoms with Crippen LogP contribution in [0.3, 0.4) is 0 Å². The average molecular weight is 296 g/mol. The van der Waals surface area contributed by atoms with Crippen LogP contribution < -0.4 is 5.32 Å². The van der Waals surface area contributed by atoms with Crippen LogP contribution in [0.5, 0.6) is 0 Å². The zero-order valence-corrected chi connectivity index (χ0v) is 14.0. The standard InChI is InChI=1S/C17H32N2O2/c1-4-6-8-9-10-13-17(3,12-7-5-2)19-14-11-15(20)18-16(19)21/h4-14H2,1-3H3,(H,18,20,21). The molecule has 0 aromatic carbocycles. The van der Waals surface area contributed by atoms with E-state index in [2.05, 4.69) is 26.1 Å². The van der Waals surface area contributed by atoms with Gasteiger partial charge in [0.25, 0.3) is 0 Å². The van der Waals surface area contributed by atoms with E-state index in [-0.39, 0.29) is 17.5 Å². The minimum absolute atomic E-state index is 0.104. The van der Waals surface area contributed by atoms with Gasteiger partial charge in [-0.1, -0.05) is 58.8 Å². The average Bonchev–Trinajstić information content (AvgIpc) is 2.45. The van der Waals surface area contributed by atoms with Gasteiger partial charge < -0.3 is 4.90 Å².